The zero-order valence-corrected chi connectivity index (χ0v) is 22.7. The van der Waals surface area contributed by atoms with Gasteiger partial charge in [-0.2, -0.15) is 0 Å². The number of halogens is 2. The van der Waals surface area contributed by atoms with Gasteiger partial charge < -0.3 is 14.3 Å². The first kappa shape index (κ1) is 25.6. The van der Waals surface area contributed by atoms with Gasteiger partial charge in [-0.1, -0.05) is 47.9 Å². The Labute approximate surface area is 230 Å². The molecule has 3 aromatic heterocycles. The number of imidazole rings is 1. The molecular formula is C25H22BrClN8O3. The molecule has 0 bridgehead atoms. The van der Waals surface area contributed by atoms with Crippen LogP contribution in [0.1, 0.15) is 45.6 Å². The van der Waals surface area contributed by atoms with Crippen molar-refractivity contribution >= 4 is 56.3 Å². The highest BCUT2D eigenvalue weighted by molar-refractivity contribution is 9.10. The number of hydrogen-bond acceptors (Lipinski definition) is 7. The lowest BCUT2D eigenvalue weighted by Gasteiger charge is -2.11. The van der Waals surface area contributed by atoms with Crippen molar-refractivity contribution in [3.05, 3.63) is 74.7 Å². The molecule has 0 atom stereocenters. The van der Waals surface area contributed by atoms with Gasteiger partial charge >= 0.3 is 0 Å². The lowest BCUT2D eigenvalue weighted by molar-refractivity contribution is 0.0953. The summed E-state index contributed by atoms with van der Waals surface area (Å²) < 4.78 is 8.72. The number of aryl methyl sites for hydroxylation is 1. The fourth-order valence-corrected chi connectivity index (χ4v) is 5.11. The minimum Gasteiger partial charge on any atom is -0.455 e. The van der Waals surface area contributed by atoms with E-state index in [-0.39, 0.29) is 17.0 Å². The number of aromatic amines is 1. The molecule has 194 valence electrons. The maximum Gasteiger partial charge on any atom is 0.270 e. The Morgan fingerprint density at radius 2 is 2.00 bits per heavy atom. The number of carbonyl (C=O) groups excluding carboxylic acids is 2. The van der Waals surface area contributed by atoms with Crippen molar-refractivity contribution in [1.29, 1.82) is 0 Å². The Hall–Kier alpha value is -4.03. The molecular weight excluding hydrogens is 576 g/mol. The summed E-state index contributed by atoms with van der Waals surface area (Å²) in [5.41, 5.74) is 2.86. The second-order valence-electron chi connectivity index (χ2n) is 8.41. The van der Waals surface area contributed by atoms with E-state index in [1.54, 1.807) is 25.2 Å². The van der Waals surface area contributed by atoms with Crippen LogP contribution in [0.5, 0.6) is 0 Å². The highest BCUT2D eigenvalue weighted by Gasteiger charge is 2.23. The second kappa shape index (κ2) is 10.8. The molecule has 11 nitrogen and oxygen atoms in total. The number of aromatic nitrogens is 6. The molecule has 0 unspecified atom stereocenters. The Morgan fingerprint density at radius 3 is 2.74 bits per heavy atom. The van der Waals surface area contributed by atoms with Crippen LogP contribution in [0.2, 0.25) is 5.15 Å². The number of carbonyl (C=O) groups is 2. The van der Waals surface area contributed by atoms with Crippen LogP contribution in [0.4, 0.5) is 5.95 Å². The zero-order chi connectivity index (χ0) is 26.8. The minimum atomic E-state index is -0.394. The summed E-state index contributed by atoms with van der Waals surface area (Å²) in [5, 5.41) is 19.4. The normalized spacial score (nSPS) is 11.2. The lowest BCUT2D eigenvalue weighted by Crippen LogP contribution is -2.23. The number of nitrogens with zero attached hydrogens (tertiary/aromatic N) is 5. The van der Waals surface area contributed by atoms with Crippen LogP contribution in [0.3, 0.4) is 0 Å². The maximum absolute atomic E-state index is 13.0. The van der Waals surface area contributed by atoms with Gasteiger partial charge in [0, 0.05) is 31.0 Å². The molecule has 0 radical (unpaired) electrons. The molecule has 0 aliphatic carbocycles. The van der Waals surface area contributed by atoms with E-state index in [2.05, 4.69) is 52.2 Å². The van der Waals surface area contributed by atoms with Gasteiger partial charge in [0.15, 0.2) is 5.15 Å². The summed E-state index contributed by atoms with van der Waals surface area (Å²) in [4.78, 5) is 29.9. The number of anilines is 1. The molecule has 0 aliphatic rings. The Bertz CT molecular complexity index is 1640. The van der Waals surface area contributed by atoms with Crippen LogP contribution in [0.15, 0.2) is 51.4 Å². The van der Waals surface area contributed by atoms with Gasteiger partial charge in [-0.05, 0) is 56.5 Å². The van der Waals surface area contributed by atoms with Gasteiger partial charge in [-0.25, -0.2) is 10.1 Å². The van der Waals surface area contributed by atoms with E-state index in [0.29, 0.717) is 45.6 Å². The quantitative estimate of drug-likeness (QED) is 0.232. The SMILES string of the molecule is CCCc1nc(Cl)c(C(=O)NC)n1Cc1ccc2oc(-c3ccccc3C(=O)Nc3nnn[nH]3)c(Br)c2c1. The zero-order valence-electron chi connectivity index (χ0n) is 20.4. The third-order valence-corrected chi connectivity index (χ3v) is 7.00. The predicted octanol–water partition coefficient (Wildman–Crippen LogP) is 4.84. The van der Waals surface area contributed by atoms with Gasteiger partial charge in [0.2, 0.25) is 5.95 Å². The van der Waals surface area contributed by atoms with Crippen molar-refractivity contribution in [1.82, 2.24) is 35.5 Å². The van der Waals surface area contributed by atoms with Gasteiger partial charge in [0.1, 0.15) is 22.9 Å². The largest absolute Gasteiger partial charge is 0.455 e. The van der Waals surface area contributed by atoms with Crippen LogP contribution in [-0.4, -0.2) is 49.0 Å². The molecule has 2 amide bonds. The third-order valence-electron chi connectivity index (χ3n) is 5.95. The third kappa shape index (κ3) is 4.79. The Kier molecular flexibility index (Phi) is 7.25. The highest BCUT2D eigenvalue weighted by Crippen LogP contribution is 2.39. The van der Waals surface area contributed by atoms with Crippen LogP contribution in [0.25, 0.3) is 22.3 Å². The molecule has 13 heteroatoms. The molecule has 0 saturated heterocycles. The second-order valence-corrected chi connectivity index (χ2v) is 9.56. The smallest absolute Gasteiger partial charge is 0.270 e. The fraction of sp³-hybridized carbons (Fsp3) is 0.200. The molecule has 5 rings (SSSR count). The molecule has 2 aromatic carbocycles. The Balaban J connectivity index is 1.53. The molecule has 0 saturated carbocycles. The number of tetrazole rings is 1. The van der Waals surface area contributed by atoms with E-state index in [4.69, 9.17) is 16.0 Å². The topological polar surface area (TPSA) is 144 Å². The van der Waals surface area contributed by atoms with E-state index in [0.717, 1.165) is 23.2 Å². The van der Waals surface area contributed by atoms with Crippen molar-refractivity contribution in [2.24, 2.45) is 0 Å². The van der Waals surface area contributed by atoms with Gasteiger partial charge in [0.25, 0.3) is 11.8 Å². The van der Waals surface area contributed by atoms with E-state index >= 15 is 0 Å². The lowest BCUT2D eigenvalue weighted by atomic mass is 10.0. The average molecular weight is 598 g/mol. The molecule has 3 N–H and O–H groups in total. The summed E-state index contributed by atoms with van der Waals surface area (Å²) in [7, 11) is 1.56. The molecule has 0 spiro atoms. The van der Waals surface area contributed by atoms with Crippen molar-refractivity contribution in [2.75, 3.05) is 12.4 Å². The fourth-order valence-electron chi connectivity index (χ4n) is 4.22. The van der Waals surface area contributed by atoms with E-state index in [9.17, 15) is 9.59 Å². The standard InChI is InChI=1S/C25H22BrClN8O3/c1-3-6-18-29-22(27)20(24(37)28-2)35(18)12-13-9-10-17-16(11-13)19(26)21(38-17)14-7-4-5-8-15(14)23(36)30-25-31-33-34-32-25/h4-5,7-11H,3,6,12H2,1-2H3,(H,28,37)(H2,30,31,32,33,34,36). The summed E-state index contributed by atoms with van der Waals surface area (Å²) in [6.45, 7) is 2.44. The summed E-state index contributed by atoms with van der Waals surface area (Å²) >= 11 is 10.0. The van der Waals surface area contributed by atoms with Gasteiger partial charge in [-0.3, -0.25) is 14.9 Å². The number of amides is 2. The van der Waals surface area contributed by atoms with Crippen molar-refractivity contribution in [3.8, 4) is 11.3 Å². The number of benzene rings is 2. The van der Waals surface area contributed by atoms with Crippen molar-refractivity contribution in [3.63, 3.8) is 0 Å². The molecule has 3 heterocycles. The van der Waals surface area contributed by atoms with Crippen LogP contribution in [-0.2, 0) is 13.0 Å². The number of furan rings is 1. The number of nitrogens with one attached hydrogen (secondary N) is 3. The monoisotopic (exact) mass is 596 g/mol. The first-order valence-electron chi connectivity index (χ1n) is 11.7. The summed E-state index contributed by atoms with van der Waals surface area (Å²) in [5.74, 6) is 0.686. The number of rotatable bonds is 8. The van der Waals surface area contributed by atoms with Crippen LogP contribution in [0, 0.1) is 0 Å². The van der Waals surface area contributed by atoms with Crippen molar-refractivity contribution in [2.45, 2.75) is 26.3 Å². The van der Waals surface area contributed by atoms with Crippen LogP contribution >= 0.6 is 27.5 Å². The molecule has 0 aliphatic heterocycles. The average Bonchev–Trinajstić information content (AvgIpc) is 3.62. The number of hydrogen-bond donors (Lipinski definition) is 3. The predicted molar refractivity (Wildman–Crippen MR) is 145 cm³/mol. The van der Waals surface area contributed by atoms with E-state index in [1.807, 2.05) is 35.8 Å². The van der Waals surface area contributed by atoms with Gasteiger partial charge in [0.05, 0.1) is 10.0 Å². The number of fused-ring (bicyclic) bond motifs is 1. The first-order valence-corrected chi connectivity index (χ1v) is 12.9. The minimum absolute atomic E-state index is 0.135. The Morgan fingerprint density at radius 1 is 1.18 bits per heavy atom. The summed E-state index contributed by atoms with van der Waals surface area (Å²) in [6.07, 6.45) is 1.54. The highest BCUT2D eigenvalue weighted by atomic mass is 79.9. The molecule has 5 aromatic rings. The van der Waals surface area contributed by atoms with Crippen molar-refractivity contribution < 1.29 is 14.0 Å². The van der Waals surface area contributed by atoms with E-state index < -0.39 is 5.91 Å². The number of H-pyrrole nitrogens is 1. The molecule has 38 heavy (non-hydrogen) atoms. The summed E-state index contributed by atoms with van der Waals surface area (Å²) in [6, 6.07) is 12.8. The first-order chi connectivity index (χ1) is 18.4. The van der Waals surface area contributed by atoms with Crippen LogP contribution < -0.4 is 10.6 Å². The van der Waals surface area contributed by atoms with E-state index in [1.165, 1.54) is 0 Å². The molecule has 0 fully saturated rings. The van der Waals surface area contributed by atoms with Gasteiger partial charge in [-0.15, -0.1) is 0 Å². The maximum atomic E-state index is 13.0.